The summed E-state index contributed by atoms with van der Waals surface area (Å²) in [5.41, 5.74) is 0. The van der Waals surface area contributed by atoms with Crippen molar-refractivity contribution in [2.45, 2.75) is 50.7 Å². The van der Waals surface area contributed by atoms with Gasteiger partial charge in [-0.3, -0.25) is 9.69 Å². The monoisotopic (exact) mass is 227 g/mol. The minimum Gasteiger partial charge on any atom is -0.481 e. The third kappa shape index (κ3) is 3.19. The number of rotatable bonds is 4. The molecule has 2 aliphatic heterocycles. The fourth-order valence-corrected chi connectivity index (χ4v) is 2.78. The predicted octanol–water partition coefficient (Wildman–Crippen LogP) is 1.49. The van der Waals surface area contributed by atoms with Gasteiger partial charge in [0.1, 0.15) is 0 Å². The lowest BCUT2D eigenvalue weighted by atomic mass is 9.98. The highest BCUT2D eigenvalue weighted by Gasteiger charge is 2.28. The van der Waals surface area contributed by atoms with E-state index in [9.17, 15) is 4.79 Å². The normalized spacial score (nSPS) is 31.8. The number of carboxylic acids is 1. The summed E-state index contributed by atoms with van der Waals surface area (Å²) in [5, 5.41) is 8.89. The number of aliphatic carboxylic acids is 1. The van der Waals surface area contributed by atoms with Gasteiger partial charge in [0, 0.05) is 19.2 Å². The van der Waals surface area contributed by atoms with Crippen LogP contribution in [0, 0.1) is 0 Å². The maximum atomic E-state index is 10.8. The molecule has 2 unspecified atom stereocenters. The van der Waals surface area contributed by atoms with Crippen molar-refractivity contribution in [3.05, 3.63) is 0 Å². The molecule has 4 heteroatoms. The van der Waals surface area contributed by atoms with Crippen molar-refractivity contribution in [1.29, 1.82) is 0 Å². The topological polar surface area (TPSA) is 49.8 Å². The highest BCUT2D eigenvalue weighted by atomic mass is 16.5. The average Bonchev–Trinajstić information content (AvgIpc) is 2.73. The first kappa shape index (κ1) is 11.9. The van der Waals surface area contributed by atoms with E-state index in [4.69, 9.17) is 9.84 Å². The third-order valence-electron chi connectivity index (χ3n) is 3.62. The molecule has 0 aliphatic carbocycles. The summed E-state index contributed by atoms with van der Waals surface area (Å²) in [6.45, 7) is 2.85. The van der Waals surface area contributed by atoms with Crippen molar-refractivity contribution < 1.29 is 14.6 Å². The molecule has 2 atom stereocenters. The molecular weight excluding hydrogens is 206 g/mol. The van der Waals surface area contributed by atoms with Gasteiger partial charge in [0.15, 0.2) is 0 Å². The zero-order valence-corrected chi connectivity index (χ0v) is 9.73. The first-order valence-corrected chi connectivity index (χ1v) is 6.33. The molecule has 2 fully saturated rings. The third-order valence-corrected chi connectivity index (χ3v) is 3.62. The van der Waals surface area contributed by atoms with Gasteiger partial charge in [-0.05, 0) is 32.2 Å². The quantitative estimate of drug-likeness (QED) is 0.790. The van der Waals surface area contributed by atoms with Crippen LogP contribution in [0.1, 0.15) is 38.5 Å². The highest BCUT2D eigenvalue weighted by molar-refractivity contribution is 5.67. The van der Waals surface area contributed by atoms with Crippen LogP contribution in [-0.2, 0) is 9.53 Å². The van der Waals surface area contributed by atoms with Crippen LogP contribution in [0.4, 0.5) is 0 Å². The SMILES string of the molecule is O=C(O)CC1CCCCN1CC1CCCO1. The Morgan fingerprint density at radius 3 is 2.88 bits per heavy atom. The van der Waals surface area contributed by atoms with Crippen molar-refractivity contribution in [1.82, 2.24) is 4.90 Å². The summed E-state index contributed by atoms with van der Waals surface area (Å²) < 4.78 is 5.62. The highest BCUT2D eigenvalue weighted by Crippen LogP contribution is 2.22. The zero-order valence-electron chi connectivity index (χ0n) is 9.73. The van der Waals surface area contributed by atoms with Gasteiger partial charge in [0.2, 0.25) is 0 Å². The van der Waals surface area contributed by atoms with Crippen molar-refractivity contribution in [2.24, 2.45) is 0 Å². The van der Waals surface area contributed by atoms with Crippen LogP contribution in [0.3, 0.4) is 0 Å². The molecule has 2 saturated heterocycles. The fourth-order valence-electron chi connectivity index (χ4n) is 2.78. The molecule has 0 aromatic rings. The molecule has 2 heterocycles. The summed E-state index contributed by atoms with van der Waals surface area (Å²) in [7, 11) is 0. The Bertz CT molecular complexity index is 238. The van der Waals surface area contributed by atoms with Gasteiger partial charge in [0.25, 0.3) is 0 Å². The zero-order chi connectivity index (χ0) is 11.4. The Morgan fingerprint density at radius 1 is 1.31 bits per heavy atom. The summed E-state index contributed by atoms with van der Waals surface area (Å²) in [6, 6.07) is 0.232. The molecule has 16 heavy (non-hydrogen) atoms. The van der Waals surface area contributed by atoms with Gasteiger partial charge in [-0.15, -0.1) is 0 Å². The molecule has 0 aromatic carbocycles. The molecule has 0 aromatic heterocycles. The van der Waals surface area contributed by atoms with Crippen molar-refractivity contribution in [2.75, 3.05) is 19.7 Å². The van der Waals surface area contributed by atoms with E-state index in [1.165, 1.54) is 12.8 Å². The Hall–Kier alpha value is -0.610. The number of likely N-dealkylation sites (tertiary alicyclic amines) is 1. The summed E-state index contributed by atoms with van der Waals surface area (Å²) >= 11 is 0. The molecule has 1 N–H and O–H groups in total. The van der Waals surface area contributed by atoms with E-state index in [0.717, 1.165) is 39.0 Å². The summed E-state index contributed by atoms with van der Waals surface area (Å²) in [4.78, 5) is 13.1. The van der Waals surface area contributed by atoms with E-state index in [1.807, 2.05) is 0 Å². The molecule has 0 saturated carbocycles. The number of hydrogen-bond donors (Lipinski definition) is 1. The largest absolute Gasteiger partial charge is 0.481 e. The number of ether oxygens (including phenoxy) is 1. The van der Waals surface area contributed by atoms with Crippen LogP contribution < -0.4 is 0 Å². The molecule has 0 amide bonds. The summed E-state index contributed by atoms with van der Waals surface area (Å²) in [5.74, 6) is -0.677. The van der Waals surface area contributed by atoms with E-state index in [1.54, 1.807) is 0 Å². The van der Waals surface area contributed by atoms with E-state index in [-0.39, 0.29) is 12.5 Å². The van der Waals surface area contributed by atoms with Gasteiger partial charge in [-0.1, -0.05) is 6.42 Å². The lowest BCUT2D eigenvalue weighted by Gasteiger charge is -2.36. The van der Waals surface area contributed by atoms with Crippen molar-refractivity contribution in [3.8, 4) is 0 Å². The van der Waals surface area contributed by atoms with Gasteiger partial charge >= 0.3 is 5.97 Å². The standard InChI is InChI=1S/C12H21NO3/c14-12(15)8-10-4-1-2-6-13(10)9-11-5-3-7-16-11/h10-11H,1-9H2,(H,14,15). The number of nitrogens with zero attached hydrogens (tertiary/aromatic N) is 1. The summed E-state index contributed by atoms with van der Waals surface area (Å²) in [6.07, 6.45) is 6.31. The Kier molecular flexibility index (Phi) is 4.18. The fraction of sp³-hybridized carbons (Fsp3) is 0.917. The first-order valence-electron chi connectivity index (χ1n) is 6.33. The van der Waals surface area contributed by atoms with Gasteiger partial charge < -0.3 is 9.84 Å². The Morgan fingerprint density at radius 2 is 2.19 bits per heavy atom. The van der Waals surface area contributed by atoms with Gasteiger partial charge in [-0.25, -0.2) is 0 Å². The molecule has 0 bridgehead atoms. The molecule has 0 radical (unpaired) electrons. The second-order valence-corrected chi connectivity index (χ2v) is 4.88. The van der Waals surface area contributed by atoms with Gasteiger partial charge in [0.05, 0.1) is 12.5 Å². The Labute approximate surface area is 96.6 Å². The maximum absolute atomic E-state index is 10.8. The Balaban J connectivity index is 1.85. The number of carbonyl (C=O) groups is 1. The average molecular weight is 227 g/mol. The van der Waals surface area contributed by atoms with E-state index >= 15 is 0 Å². The number of piperidine rings is 1. The minimum absolute atomic E-state index is 0.232. The van der Waals surface area contributed by atoms with Crippen LogP contribution in [0.15, 0.2) is 0 Å². The van der Waals surface area contributed by atoms with Gasteiger partial charge in [-0.2, -0.15) is 0 Å². The van der Waals surface area contributed by atoms with E-state index in [2.05, 4.69) is 4.90 Å². The molecule has 2 aliphatic rings. The maximum Gasteiger partial charge on any atom is 0.304 e. The van der Waals surface area contributed by atoms with Crippen molar-refractivity contribution in [3.63, 3.8) is 0 Å². The molecule has 92 valence electrons. The minimum atomic E-state index is -0.677. The second-order valence-electron chi connectivity index (χ2n) is 4.88. The van der Waals surface area contributed by atoms with Crippen LogP contribution in [0.25, 0.3) is 0 Å². The molecule has 2 rings (SSSR count). The smallest absolute Gasteiger partial charge is 0.304 e. The molecule has 0 spiro atoms. The van der Waals surface area contributed by atoms with E-state index < -0.39 is 5.97 Å². The van der Waals surface area contributed by atoms with Crippen LogP contribution in [0.2, 0.25) is 0 Å². The molecule has 4 nitrogen and oxygen atoms in total. The number of hydrogen-bond acceptors (Lipinski definition) is 3. The van der Waals surface area contributed by atoms with Crippen molar-refractivity contribution >= 4 is 5.97 Å². The lowest BCUT2D eigenvalue weighted by Crippen LogP contribution is -2.44. The first-order chi connectivity index (χ1) is 7.75. The second kappa shape index (κ2) is 5.64. The van der Waals surface area contributed by atoms with Crippen LogP contribution in [0.5, 0.6) is 0 Å². The van der Waals surface area contributed by atoms with E-state index in [0.29, 0.717) is 6.10 Å². The van der Waals surface area contributed by atoms with Crippen LogP contribution >= 0.6 is 0 Å². The molecular formula is C12H21NO3. The van der Waals surface area contributed by atoms with Crippen LogP contribution in [-0.4, -0.2) is 47.8 Å². The predicted molar refractivity (Wildman–Crippen MR) is 60.4 cm³/mol. The number of carboxylic acid groups (broad SMARTS) is 1. The lowest BCUT2D eigenvalue weighted by molar-refractivity contribution is -0.139.